The van der Waals surface area contributed by atoms with Crippen molar-refractivity contribution in [3.05, 3.63) is 29.2 Å². The number of ether oxygens (including phenoxy) is 1. The van der Waals surface area contributed by atoms with Gasteiger partial charge in [-0.1, -0.05) is 19.9 Å². The van der Waals surface area contributed by atoms with Crippen LogP contribution < -0.4 is 5.32 Å². The van der Waals surface area contributed by atoms with Crippen LogP contribution in [0.15, 0.2) is 16.5 Å². The minimum Gasteiger partial charge on any atom is -0.440 e. The van der Waals surface area contributed by atoms with Crippen LogP contribution in [0.5, 0.6) is 0 Å². The molecule has 20 heavy (non-hydrogen) atoms. The van der Waals surface area contributed by atoms with Crippen LogP contribution in [0.25, 0.3) is 11.1 Å². The fourth-order valence-corrected chi connectivity index (χ4v) is 2.24. The maximum atomic E-state index is 5.83. The molecule has 110 valence electrons. The smallest absolute Gasteiger partial charge is 0.198 e. The quantitative estimate of drug-likeness (QED) is 0.878. The van der Waals surface area contributed by atoms with Crippen molar-refractivity contribution in [2.24, 2.45) is 0 Å². The highest BCUT2D eigenvalue weighted by Crippen LogP contribution is 2.25. The Kier molecular flexibility index (Phi) is 4.78. The van der Waals surface area contributed by atoms with Gasteiger partial charge in [-0.25, -0.2) is 4.98 Å². The summed E-state index contributed by atoms with van der Waals surface area (Å²) in [7, 11) is 1.72. The summed E-state index contributed by atoms with van der Waals surface area (Å²) in [6, 6.07) is 4.59. The number of benzene rings is 1. The molecule has 0 fully saturated rings. The highest BCUT2D eigenvalue weighted by Gasteiger charge is 2.12. The molecule has 2 aromatic rings. The van der Waals surface area contributed by atoms with E-state index < -0.39 is 0 Å². The summed E-state index contributed by atoms with van der Waals surface area (Å²) in [5.74, 6) is 1.12. The minimum absolute atomic E-state index is 0.310. The Labute approximate surface area is 120 Å². The zero-order valence-electron chi connectivity index (χ0n) is 13.0. The first-order valence-corrected chi connectivity index (χ1v) is 7.13. The molecule has 0 saturated carbocycles. The third kappa shape index (κ3) is 3.38. The first-order chi connectivity index (χ1) is 9.51. The second-order valence-electron chi connectivity index (χ2n) is 5.71. The molecule has 0 aliphatic heterocycles. The second kappa shape index (κ2) is 6.37. The molecule has 0 unspecified atom stereocenters. The monoisotopic (exact) mass is 276 g/mol. The van der Waals surface area contributed by atoms with E-state index in [0.717, 1.165) is 29.1 Å². The first-order valence-electron chi connectivity index (χ1n) is 7.13. The third-order valence-corrected chi connectivity index (χ3v) is 3.32. The summed E-state index contributed by atoms with van der Waals surface area (Å²) < 4.78 is 11.0. The maximum Gasteiger partial charge on any atom is 0.198 e. The molecular formula is C16H24N2O2. The van der Waals surface area contributed by atoms with Crippen LogP contribution in [-0.4, -0.2) is 24.7 Å². The number of fused-ring (bicyclic) bond motifs is 1. The number of nitrogens with one attached hydrogen (secondary N) is 1. The van der Waals surface area contributed by atoms with E-state index in [1.165, 1.54) is 5.56 Å². The van der Waals surface area contributed by atoms with E-state index in [1.807, 2.05) is 0 Å². The lowest BCUT2D eigenvalue weighted by molar-refractivity contribution is 0.171. The number of hydrogen-bond acceptors (Lipinski definition) is 4. The van der Waals surface area contributed by atoms with Crippen LogP contribution in [0.1, 0.15) is 43.7 Å². The van der Waals surface area contributed by atoms with E-state index in [2.05, 4.69) is 50.1 Å². The van der Waals surface area contributed by atoms with Gasteiger partial charge in [-0.05, 0) is 31.0 Å². The molecule has 2 rings (SSSR count). The molecule has 1 aromatic carbocycles. The Morgan fingerprint density at radius 2 is 2.05 bits per heavy atom. The van der Waals surface area contributed by atoms with Crippen molar-refractivity contribution < 1.29 is 9.15 Å². The molecule has 0 aliphatic carbocycles. The molecule has 1 heterocycles. The van der Waals surface area contributed by atoms with Crippen molar-refractivity contribution >= 4 is 11.1 Å². The van der Waals surface area contributed by atoms with Crippen LogP contribution >= 0.6 is 0 Å². The largest absolute Gasteiger partial charge is 0.440 e. The van der Waals surface area contributed by atoms with Gasteiger partial charge >= 0.3 is 0 Å². The molecule has 4 heteroatoms. The van der Waals surface area contributed by atoms with Gasteiger partial charge in [0.2, 0.25) is 0 Å². The first kappa shape index (κ1) is 15.0. The highest BCUT2D eigenvalue weighted by atomic mass is 16.5. The van der Waals surface area contributed by atoms with Gasteiger partial charge in [-0.2, -0.15) is 0 Å². The third-order valence-electron chi connectivity index (χ3n) is 3.32. The van der Waals surface area contributed by atoms with E-state index in [0.29, 0.717) is 18.6 Å². The average molecular weight is 276 g/mol. The molecule has 0 spiro atoms. The number of oxazole rings is 1. The van der Waals surface area contributed by atoms with Crippen molar-refractivity contribution in [2.45, 2.75) is 46.2 Å². The van der Waals surface area contributed by atoms with Gasteiger partial charge < -0.3 is 14.5 Å². The standard InChI is InChI=1S/C16H24N2O2/c1-10(2)16-18-14-7-13(6-11(3)15(14)20-16)8-17-12(4)9-19-5/h6-7,10,12,17H,8-9H2,1-5H3/t12-/m1/s1. The molecule has 0 saturated heterocycles. The van der Waals surface area contributed by atoms with Crippen LogP contribution in [-0.2, 0) is 11.3 Å². The Bertz CT molecular complexity index is 575. The Balaban J connectivity index is 2.19. The molecular weight excluding hydrogens is 252 g/mol. The van der Waals surface area contributed by atoms with Gasteiger partial charge in [0.25, 0.3) is 0 Å². The average Bonchev–Trinajstić information content (AvgIpc) is 2.81. The van der Waals surface area contributed by atoms with Crippen LogP contribution in [0.3, 0.4) is 0 Å². The topological polar surface area (TPSA) is 47.3 Å². The van der Waals surface area contributed by atoms with Gasteiger partial charge in [-0.15, -0.1) is 0 Å². The van der Waals surface area contributed by atoms with Crippen molar-refractivity contribution in [1.29, 1.82) is 0 Å². The predicted molar refractivity (Wildman–Crippen MR) is 81.0 cm³/mol. The molecule has 1 atom stereocenters. The lowest BCUT2D eigenvalue weighted by Gasteiger charge is -2.12. The van der Waals surface area contributed by atoms with E-state index in [1.54, 1.807) is 7.11 Å². The van der Waals surface area contributed by atoms with Gasteiger partial charge in [0.05, 0.1) is 6.61 Å². The van der Waals surface area contributed by atoms with Crippen LogP contribution in [0, 0.1) is 6.92 Å². The highest BCUT2D eigenvalue weighted by molar-refractivity contribution is 5.77. The molecule has 0 radical (unpaired) electrons. The molecule has 1 N–H and O–H groups in total. The summed E-state index contributed by atoms with van der Waals surface area (Å²) in [6.45, 7) is 9.89. The Hall–Kier alpha value is -1.39. The number of aromatic nitrogens is 1. The minimum atomic E-state index is 0.310. The Morgan fingerprint density at radius 3 is 2.70 bits per heavy atom. The van der Waals surface area contributed by atoms with Gasteiger partial charge in [0.15, 0.2) is 11.5 Å². The number of hydrogen-bond donors (Lipinski definition) is 1. The summed E-state index contributed by atoms with van der Waals surface area (Å²) in [5.41, 5.74) is 4.21. The lowest BCUT2D eigenvalue weighted by Crippen LogP contribution is -2.29. The SMILES string of the molecule is COC[C@@H](C)NCc1cc(C)c2oc(C(C)C)nc2c1. The second-order valence-corrected chi connectivity index (χ2v) is 5.71. The van der Waals surface area contributed by atoms with E-state index in [9.17, 15) is 0 Å². The zero-order valence-corrected chi connectivity index (χ0v) is 13.0. The summed E-state index contributed by atoms with van der Waals surface area (Å²) in [6.07, 6.45) is 0. The van der Waals surface area contributed by atoms with Crippen molar-refractivity contribution in [2.75, 3.05) is 13.7 Å². The summed E-state index contributed by atoms with van der Waals surface area (Å²) in [5, 5.41) is 3.44. The van der Waals surface area contributed by atoms with Crippen molar-refractivity contribution in [1.82, 2.24) is 10.3 Å². The fourth-order valence-electron chi connectivity index (χ4n) is 2.24. The number of nitrogens with zero attached hydrogens (tertiary/aromatic N) is 1. The van der Waals surface area contributed by atoms with E-state index in [4.69, 9.17) is 9.15 Å². The zero-order chi connectivity index (χ0) is 14.7. The van der Waals surface area contributed by atoms with E-state index >= 15 is 0 Å². The molecule has 0 amide bonds. The molecule has 4 nitrogen and oxygen atoms in total. The van der Waals surface area contributed by atoms with Gasteiger partial charge in [-0.3, -0.25) is 0 Å². The van der Waals surface area contributed by atoms with Crippen LogP contribution in [0.2, 0.25) is 0 Å². The van der Waals surface area contributed by atoms with Crippen LogP contribution in [0.4, 0.5) is 0 Å². The van der Waals surface area contributed by atoms with Gasteiger partial charge in [0.1, 0.15) is 5.52 Å². The maximum absolute atomic E-state index is 5.83. The predicted octanol–water partition coefficient (Wildman–Crippen LogP) is 3.38. The lowest BCUT2D eigenvalue weighted by atomic mass is 10.1. The molecule has 0 bridgehead atoms. The summed E-state index contributed by atoms with van der Waals surface area (Å²) in [4.78, 5) is 4.58. The fraction of sp³-hybridized carbons (Fsp3) is 0.562. The number of aryl methyl sites for hydroxylation is 1. The Morgan fingerprint density at radius 1 is 1.30 bits per heavy atom. The number of rotatable bonds is 6. The van der Waals surface area contributed by atoms with E-state index in [-0.39, 0.29) is 0 Å². The normalized spacial score (nSPS) is 13.3. The number of methoxy groups -OCH3 is 1. The summed E-state index contributed by atoms with van der Waals surface area (Å²) >= 11 is 0. The molecule has 1 aromatic heterocycles. The molecule has 0 aliphatic rings. The van der Waals surface area contributed by atoms with Crippen molar-refractivity contribution in [3.8, 4) is 0 Å². The van der Waals surface area contributed by atoms with Gasteiger partial charge in [0, 0.05) is 25.6 Å². The van der Waals surface area contributed by atoms with Crippen molar-refractivity contribution in [3.63, 3.8) is 0 Å².